The third-order valence-corrected chi connectivity index (χ3v) is 4.38. The Kier molecular flexibility index (Phi) is 8.39. The van der Waals surface area contributed by atoms with Gasteiger partial charge in [0, 0.05) is 44.2 Å². The number of rotatable bonds is 4. The normalized spacial score (nSPS) is 12.8. The summed E-state index contributed by atoms with van der Waals surface area (Å²) in [5, 5.41) is 4.72. The van der Waals surface area contributed by atoms with Gasteiger partial charge in [-0.15, -0.1) is 0 Å². The van der Waals surface area contributed by atoms with E-state index in [0.29, 0.717) is 12.0 Å². The molecule has 2 N–H and O–H groups in total. The molecule has 0 spiro atoms. The number of benzene rings is 1. The first-order chi connectivity index (χ1) is 14.5. The minimum atomic E-state index is -0.845. The summed E-state index contributed by atoms with van der Waals surface area (Å²) in [4.78, 5) is 38.9. The lowest BCUT2D eigenvalue weighted by molar-refractivity contribution is -0.123. The molecule has 2 aromatic rings. The second-order valence-corrected chi connectivity index (χ2v) is 6.34. The Balaban J connectivity index is 0.000000215. The molecule has 1 aliphatic heterocycles. The molecule has 2 heterocycles. The van der Waals surface area contributed by atoms with Crippen LogP contribution in [-0.2, 0) is 16.0 Å². The van der Waals surface area contributed by atoms with Crippen molar-refractivity contribution in [3.63, 3.8) is 0 Å². The topological polar surface area (TPSA) is 101 Å². The fourth-order valence-electron chi connectivity index (χ4n) is 2.68. The quantitative estimate of drug-likeness (QED) is 0.571. The van der Waals surface area contributed by atoms with Crippen LogP contribution in [0.15, 0.2) is 42.7 Å². The number of likely N-dealkylation sites (N-methyl/N-ethyl adjacent to an activating group) is 2. The zero-order valence-electron chi connectivity index (χ0n) is 17.1. The number of aromatic nitrogens is 1. The highest BCUT2D eigenvalue weighted by atomic mass is 16.5. The summed E-state index contributed by atoms with van der Waals surface area (Å²) in [6.07, 6.45) is 4.58. The van der Waals surface area contributed by atoms with Gasteiger partial charge < -0.3 is 20.3 Å². The minimum Gasteiger partial charge on any atom is -0.497 e. The molecule has 3 rings (SSSR count). The van der Waals surface area contributed by atoms with Crippen molar-refractivity contribution >= 4 is 18.2 Å². The first-order valence-electron chi connectivity index (χ1n) is 9.25. The monoisotopic (exact) mass is 408 g/mol. The van der Waals surface area contributed by atoms with E-state index in [1.807, 2.05) is 25.2 Å². The summed E-state index contributed by atoms with van der Waals surface area (Å²) in [6, 6.07) is 8.35. The number of pyridine rings is 1. The van der Waals surface area contributed by atoms with Crippen molar-refractivity contribution in [1.82, 2.24) is 20.5 Å². The van der Waals surface area contributed by atoms with Crippen LogP contribution >= 0.6 is 0 Å². The summed E-state index contributed by atoms with van der Waals surface area (Å²) in [6.45, 7) is 0.804. The van der Waals surface area contributed by atoms with Crippen molar-refractivity contribution < 1.29 is 19.1 Å². The molecule has 0 saturated heterocycles. The Bertz CT molecular complexity index is 951. The van der Waals surface area contributed by atoms with Crippen LogP contribution < -0.4 is 15.4 Å². The standard InChI is InChI=1S/C11H11N3O2.C11H13NO2/c1-12-11(16)10(14-8-15)5-4-9-3-2-6-13-7-9;1-12-6-5-8-3-4-9(14-2)7-10(8)11(12)13/h2-3,6-8,10H,1H3,(H,12,16)(H,14,15);3-4,7H,5-6H2,1-2H3. The molecule has 0 radical (unpaired) electrons. The molecule has 30 heavy (non-hydrogen) atoms. The van der Waals surface area contributed by atoms with E-state index in [0.717, 1.165) is 29.8 Å². The average Bonchev–Trinajstić information content (AvgIpc) is 2.79. The molecular formula is C22H24N4O4. The van der Waals surface area contributed by atoms with Crippen molar-refractivity contribution in [2.45, 2.75) is 12.5 Å². The number of carbonyl (C=O) groups excluding carboxylic acids is 3. The van der Waals surface area contributed by atoms with Crippen molar-refractivity contribution in [3.05, 3.63) is 59.4 Å². The fraction of sp³-hybridized carbons (Fsp3) is 0.273. The smallest absolute Gasteiger partial charge is 0.254 e. The maximum absolute atomic E-state index is 11.8. The number of hydrogen-bond acceptors (Lipinski definition) is 5. The molecule has 156 valence electrons. The van der Waals surface area contributed by atoms with E-state index >= 15 is 0 Å². The Morgan fingerprint density at radius 2 is 2.17 bits per heavy atom. The molecule has 1 aliphatic rings. The highest BCUT2D eigenvalue weighted by Crippen LogP contribution is 2.22. The summed E-state index contributed by atoms with van der Waals surface area (Å²) in [7, 11) is 4.91. The van der Waals surface area contributed by atoms with Gasteiger partial charge in [0.15, 0.2) is 6.04 Å². The maximum Gasteiger partial charge on any atom is 0.254 e. The molecule has 0 saturated carbocycles. The van der Waals surface area contributed by atoms with Gasteiger partial charge in [0.1, 0.15) is 5.75 Å². The number of hydrogen-bond donors (Lipinski definition) is 2. The molecule has 3 amide bonds. The van der Waals surface area contributed by atoms with Crippen molar-refractivity contribution in [3.8, 4) is 17.6 Å². The highest BCUT2D eigenvalue weighted by Gasteiger charge is 2.21. The van der Waals surface area contributed by atoms with E-state index in [2.05, 4.69) is 27.5 Å². The van der Waals surface area contributed by atoms with E-state index in [-0.39, 0.29) is 11.8 Å². The minimum absolute atomic E-state index is 0.0881. The third kappa shape index (κ3) is 6.07. The average molecular weight is 408 g/mol. The number of methoxy groups -OCH3 is 1. The summed E-state index contributed by atoms with van der Waals surface area (Å²) in [5.41, 5.74) is 2.58. The number of amides is 3. The molecule has 1 atom stereocenters. The van der Waals surface area contributed by atoms with E-state index < -0.39 is 6.04 Å². The van der Waals surface area contributed by atoms with Gasteiger partial charge in [-0.1, -0.05) is 17.9 Å². The van der Waals surface area contributed by atoms with Crippen molar-refractivity contribution in [1.29, 1.82) is 0 Å². The molecule has 1 aromatic heterocycles. The zero-order chi connectivity index (χ0) is 21.9. The summed E-state index contributed by atoms with van der Waals surface area (Å²) in [5.74, 6) is 5.87. The summed E-state index contributed by atoms with van der Waals surface area (Å²) < 4.78 is 5.09. The Morgan fingerprint density at radius 3 is 2.80 bits per heavy atom. The lowest BCUT2D eigenvalue weighted by Crippen LogP contribution is -2.41. The number of fused-ring (bicyclic) bond motifs is 1. The van der Waals surface area contributed by atoms with Crippen LogP contribution in [0.5, 0.6) is 5.75 Å². The van der Waals surface area contributed by atoms with E-state index in [9.17, 15) is 14.4 Å². The predicted molar refractivity (Wildman–Crippen MR) is 112 cm³/mol. The van der Waals surface area contributed by atoms with Crippen LogP contribution in [0.1, 0.15) is 21.5 Å². The Labute approximate surface area is 175 Å². The van der Waals surface area contributed by atoms with Gasteiger partial charge in [-0.2, -0.15) is 0 Å². The molecule has 8 heteroatoms. The molecule has 1 aromatic carbocycles. The lowest BCUT2D eigenvalue weighted by atomic mass is 9.99. The SMILES string of the molecule is CNC(=O)C(C#Cc1cccnc1)NC=O.COc1ccc2c(c1)C(=O)N(C)CC2. The first-order valence-corrected chi connectivity index (χ1v) is 9.25. The number of carbonyl (C=O) groups is 3. The van der Waals surface area contributed by atoms with Crippen LogP contribution in [0, 0.1) is 11.8 Å². The van der Waals surface area contributed by atoms with Gasteiger partial charge in [-0.25, -0.2) is 0 Å². The predicted octanol–water partition coefficient (Wildman–Crippen LogP) is 0.617. The number of ether oxygens (including phenoxy) is 1. The Hall–Kier alpha value is -3.86. The summed E-state index contributed by atoms with van der Waals surface area (Å²) >= 11 is 0. The van der Waals surface area contributed by atoms with E-state index in [4.69, 9.17) is 4.74 Å². The van der Waals surface area contributed by atoms with E-state index in [1.165, 1.54) is 7.05 Å². The first kappa shape index (κ1) is 22.4. The fourth-order valence-corrected chi connectivity index (χ4v) is 2.68. The van der Waals surface area contributed by atoms with Gasteiger partial charge >= 0.3 is 0 Å². The Morgan fingerprint density at radius 1 is 1.37 bits per heavy atom. The molecule has 1 unspecified atom stereocenters. The van der Waals surface area contributed by atoms with Gasteiger partial charge in [-0.05, 0) is 36.2 Å². The van der Waals surface area contributed by atoms with Crippen molar-refractivity contribution in [2.75, 3.05) is 27.7 Å². The van der Waals surface area contributed by atoms with Gasteiger partial charge in [-0.3, -0.25) is 19.4 Å². The van der Waals surface area contributed by atoms with Crippen LogP contribution in [0.4, 0.5) is 0 Å². The highest BCUT2D eigenvalue weighted by molar-refractivity contribution is 5.97. The number of nitrogens with one attached hydrogen (secondary N) is 2. The van der Waals surface area contributed by atoms with Gasteiger partial charge in [0.05, 0.1) is 7.11 Å². The number of nitrogens with zero attached hydrogens (tertiary/aromatic N) is 2. The zero-order valence-corrected chi connectivity index (χ0v) is 17.1. The molecule has 0 bridgehead atoms. The van der Waals surface area contributed by atoms with Crippen LogP contribution in [0.25, 0.3) is 0 Å². The molecule has 0 aliphatic carbocycles. The lowest BCUT2D eigenvalue weighted by Gasteiger charge is -2.24. The van der Waals surface area contributed by atoms with E-state index in [1.54, 1.807) is 36.5 Å². The van der Waals surface area contributed by atoms with Crippen LogP contribution in [0.2, 0.25) is 0 Å². The van der Waals surface area contributed by atoms with Crippen LogP contribution in [0.3, 0.4) is 0 Å². The van der Waals surface area contributed by atoms with Crippen LogP contribution in [-0.4, -0.2) is 61.9 Å². The van der Waals surface area contributed by atoms with Gasteiger partial charge in [0.25, 0.3) is 11.8 Å². The molecule has 8 nitrogen and oxygen atoms in total. The maximum atomic E-state index is 11.8. The second-order valence-electron chi connectivity index (χ2n) is 6.34. The molecular weight excluding hydrogens is 384 g/mol. The van der Waals surface area contributed by atoms with Crippen molar-refractivity contribution in [2.24, 2.45) is 0 Å². The molecule has 0 fully saturated rings. The van der Waals surface area contributed by atoms with Gasteiger partial charge in [0.2, 0.25) is 6.41 Å². The second kappa shape index (κ2) is 11.2. The third-order valence-electron chi connectivity index (χ3n) is 4.38. The largest absolute Gasteiger partial charge is 0.497 e.